The van der Waals surface area contributed by atoms with Crippen molar-refractivity contribution in [2.24, 2.45) is 5.73 Å². The zero-order chi connectivity index (χ0) is 15.4. The molecule has 2 aromatic carbocycles. The molecule has 4 N–H and O–H groups in total. The van der Waals surface area contributed by atoms with Crippen molar-refractivity contribution in [3.8, 4) is 5.75 Å². The van der Waals surface area contributed by atoms with Crippen molar-refractivity contribution in [2.75, 3.05) is 0 Å². The van der Waals surface area contributed by atoms with Crippen LogP contribution in [-0.2, 0) is 6.42 Å². The number of aromatic hydroxyl groups is 1. The van der Waals surface area contributed by atoms with Crippen molar-refractivity contribution in [1.29, 1.82) is 0 Å². The standard InChI is InChI=1S/C15H16N2O4/c16-15(14(19)8-10-4-2-1-3-5-10)12-9-11(18)6-7-13(12)17(20)21/h1-7,9,14-15,18-19H,8,16H2/t14-,15+/m1/s1. The third kappa shape index (κ3) is 3.56. The predicted octanol–water partition coefficient (Wildman–Crippen LogP) is 1.90. The summed E-state index contributed by atoms with van der Waals surface area (Å²) < 4.78 is 0. The lowest BCUT2D eigenvalue weighted by molar-refractivity contribution is -0.385. The second-order valence-corrected chi connectivity index (χ2v) is 4.78. The first-order valence-electron chi connectivity index (χ1n) is 6.44. The quantitative estimate of drug-likeness (QED) is 0.575. The lowest BCUT2D eigenvalue weighted by Gasteiger charge is -2.19. The van der Waals surface area contributed by atoms with Gasteiger partial charge in [-0.3, -0.25) is 10.1 Å². The largest absolute Gasteiger partial charge is 0.508 e. The number of phenols is 1. The van der Waals surface area contributed by atoms with Crippen LogP contribution in [0.2, 0.25) is 0 Å². The van der Waals surface area contributed by atoms with Crippen LogP contribution in [0.15, 0.2) is 48.5 Å². The molecule has 0 aliphatic carbocycles. The molecule has 0 spiro atoms. The number of nitrogens with two attached hydrogens (primary N) is 1. The summed E-state index contributed by atoms with van der Waals surface area (Å²) in [6.07, 6.45) is -0.720. The fourth-order valence-corrected chi connectivity index (χ4v) is 2.16. The molecule has 0 saturated carbocycles. The van der Waals surface area contributed by atoms with Crippen LogP contribution in [0.25, 0.3) is 0 Å². The van der Waals surface area contributed by atoms with Crippen molar-refractivity contribution < 1.29 is 15.1 Å². The zero-order valence-corrected chi connectivity index (χ0v) is 11.2. The average molecular weight is 288 g/mol. The summed E-state index contributed by atoms with van der Waals surface area (Å²) in [5, 5.41) is 30.7. The first kappa shape index (κ1) is 15.0. The number of aliphatic hydroxyl groups is 1. The number of benzene rings is 2. The number of nitro groups is 1. The molecule has 2 rings (SSSR count). The highest BCUT2D eigenvalue weighted by Crippen LogP contribution is 2.30. The van der Waals surface area contributed by atoms with Crippen molar-refractivity contribution in [2.45, 2.75) is 18.6 Å². The van der Waals surface area contributed by atoms with Crippen LogP contribution in [0.4, 0.5) is 5.69 Å². The Hall–Kier alpha value is -2.44. The van der Waals surface area contributed by atoms with Gasteiger partial charge >= 0.3 is 0 Å². The van der Waals surface area contributed by atoms with E-state index in [1.54, 1.807) is 0 Å². The maximum atomic E-state index is 11.0. The van der Waals surface area contributed by atoms with E-state index in [9.17, 15) is 20.3 Å². The number of phenolic OH excluding ortho intramolecular Hbond substituents is 1. The number of hydrogen-bond acceptors (Lipinski definition) is 5. The molecule has 0 amide bonds. The first-order chi connectivity index (χ1) is 9.99. The Morgan fingerprint density at radius 1 is 1.19 bits per heavy atom. The molecule has 2 atom stereocenters. The van der Waals surface area contributed by atoms with Gasteiger partial charge in [0, 0.05) is 12.5 Å². The van der Waals surface area contributed by atoms with E-state index >= 15 is 0 Å². The molecule has 2 aromatic rings. The number of nitrogens with zero attached hydrogens (tertiary/aromatic N) is 1. The van der Waals surface area contributed by atoms with Crippen molar-refractivity contribution in [3.63, 3.8) is 0 Å². The van der Waals surface area contributed by atoms with Gasteiger partial charge in [0.25, 0.3) is 5.69 Å². The van der Waals surface area contributed by atoms with Gasteiger partial charge in [0.2, 0.25) is 0 Å². The highest BCUT2D eigenvalue weighted by Gasteiger charge is 2.25. The Labute approximate surface area is 121 Å². The number of nitro benzene ring substituents is 1. The smallest absolute Gasteiger partial charge is 0.274 e. The molecule has 6 heteroatoms. The van der Waals surface area contributed by atoms with E-state index < -0.39 is 17.1 Å². The third-order valence-electron chi connectivity index (χ3n) is 3.27. The SMILES string of the molecule is N[C@@H](c1cc(O)ccc1[N+](=O)[O-])[C@H](O)Cc1ccccc1. The minimum absolute atomic E-state index is 0.114. The second-order valence-electron chi connectivity index (χ2n) is 4.78. The monoisotopic (exact) mass is 288 g/mol. The Bertz CT molecular complexity index is 631. The highest BCUT2D eigenvalue weighted by molar-refractivity contribution is 5.47. The Kier molecular flexibility index (Phi) is 4.52. The lowest BCUT2D eigenvalue weighted by Crippen LogP contribution is -2.28. The second kappa shape index (κ2) is 6.34. The van der Waals surface area contributed by atoms with Gasteiger partial charge in [0.15, 0.2) is 0 Å². The highest BCUT2D eigenvalue weighted by atomic mass is 16.6. The maximum absolute atomic E-state index is 11.0. The van der Waals surface area contributed by atoms with E-state index in [1.165, 1.54) is 18.2 Å². The van der Waals surface area contributed by atoms with Gasteiger partial charge in [-0.1, -0.05) is 30.3 Å². The summed E-state index contributed by atoms with van der Waals surface area (Å²) in [5.74, 6) is -0.127. The van der Waals surface area contributed by atoms with Crippen molar-refractivity contribution in [1.82, 2.24) is 0 Å². The number of aliphatic hydroxyl groups excluding tert-OH is 1. The molecule has 0 radical (unpaired) electrons. The van der Waals surface area contributed by atoms with Crippen LogP contribution in [0.3, 0.4) is 0 Å². The van der Waals surface area contributed by atoms with Crippen molar-refractivity contribution >= 4 is 5.69 Å². The summed E-state index contributed by atoms with van der Waals surface area (Å²) in [6, 6.07) is 11.9. The molecule has 0 heterocycles. The molecule has 21 heavy (non-hydrogen) atoms. The van der Waals surface area contributed by atoms with Crippen LogP contribution in [0, 0.1) is 10.1 Å². The minimum Gasteiger partial charge on any atom is -0.508 e. The predicted molar refractivity (Wildman–Crippen MR) is 77.8 cm³/mol. The molecular weight excluding hydrogens is 272 g/mol. The Morgan fingerprint density at radius 3 is 2.48 bits per heavy atom. The Morgan fingerprint density at radius 2 is 1.86 bits per heavy atom. The average Bonchev–Trinajstić information content (AvgIpc) is 2.47. The molecule has 0 aliphatic rings. The van der Waals surface area contributed by atoms with Gasteiger partial charge in [0.05, 0.1) is 22.6 Å². The van der Waals surface area contributed by atoms with Gasteiger partial charge in [-0.25, -0.2) is 0 Å². The summed E-state index contributed by atoms with van der Waals surface area (Å²) in [6.45, 7) is 0. The van der Waals surface area contributed by atoms with Crippen LogP contribution in [0.1, 0.15) is 17.2 Å². The van der Waals surface area contributed by atoms with E-state index in [4.69, 9.17) is 5.73 Å². The molecule has 6 nitrogen and oxygen atoms in total. The van der Waals surface area contributed by atoms with Crippen LogP contribution >= 0.6 is 0 Å². The molecule has 0 fully saturated rings. The van der Waals surface area contributed by atoms with Gasteiger partial charge in [-0.05, 0) is 17.7 Å². The summed E-state index contributed by atoms with van der Waals surface area (Å²) >= 11 is 0. The van der Waals surface area contributed by atoms with Gasteiger partial charge < -0.3 is 15.9 Å². The first-order valence-corrected chi connectivity index (χ1v) is 6.44. The summed E-state index contributed by atoms with van der Waals surface area (Å²) in [7, 11) is 0. The third-order valence-corrected chi connectivity index (χ3v) is 3.27. The maximum Gasteiger partial charge on any atom is 0.274 e. The van der Waals surface area contributed by atoms with Gasteiger partial charge in [-0.15, -0.1) is 0 Å². The molecule has 0 unspecified atom stereocenters. The van der Waals surface area contributed by atoms with E-state index in [0.717, 1.165) is 5.56 Å². The summed E-state index contributed by atoms with van der Waals surface area (Å²) in [4.78, 5) is 10.4. The van der Waals surface area contributed by atoms with Crippen molar-refractivity contribution in [3.05, 3.63) is 69.8 Å². The zero-order valence-electron chi connectivity index (χ0n) is 11.2. The van der Waals surface area contributed by atoms with Gasteiger partial charge in [-0.2, -0.15) is 0 Å². The van der Waals surface area contributed by atoms with E-state index in [1.807, 2.05) is 30.3 Å². The molecule has 0 saturated heterocycles. The molecular formula is C15H16N2O4. The molecule has 0 aliphatic heterocycles. The topological polar surface area (TPSA) is 110 Å². The van der Waals surface area contributed by atoms with Crippen LogP contribution in [0.5, 0.6) is 5.75 Å². The van der Waals surface area contributed by atoms with Crippen LogP contribution < -0.4 is 5.73 Å². The fraction of sp³-hybridized carbons (Fsp3) is 0.200. The molecule has 0 aromatic heterocycles. The lowest BCUT2D eigenvalue weighted by atomic mass is 9.95. The number of rotatable bonds is 5. The van der Waals surface area contributed by atoms with E-state index in [2.05, 4.69) is 0 Å². The Balaban J connectivity index is 2.24. The molecule has 110 valence electrons. The molecule has 0 bridgehead atoms. The van der Waals surface area contributed by atoms with Crippen LogP contribution in [-0.4, -0.2) is 21.2 Å². The van der Waals surface area contributed by atoms with E-state index in [0.29, 0.717) is 0 Å². The number of hydrogen-bond donors (Lipinski definition) is 3. The summed E-state index contributed by atoms with van der Waals surface area (Å²) in [5.41, 5.74) is 6.71. The minimum atomic E-state index is -0.993. The van der Waals surface area contributed by atoms with Gasteiger partial charge in [0.1, 0.15) is 5.75 Å². The normalized spacial score (nSPS) is 13.6. The fourth-order valence-electron chi connectivity index (χ4n) is 2.16. The van der Waals surface area contributed by atoms with E-state index in [-0.39, 0.29) is 23.4 Å².